The van der Waals surface area contributed by atoms with E-state index in [9.17, 15) is 10.1 Å². The predicted octanol–water partition coefficient (Wildman–Crippen LogP) is 3.14. The summed E-state index contributed by atoms with van der Waals surface area (Å²) in [5.74, 6) is 0. The quantitative estimate of drug-likeness (QED) is 0.350. The lowest BCUT2D eigenvalue weighted by Gasteiger charge is -1.94. The Bertz CT molecular complexity index is 164. The first-order chi connectivity index (χ1) is 5.72. The summed E-state index contributed by atoms with van der Waals surface area (Å²) in [7, 11) is 0. The second kappa shape index (κ2) is 6.83. The summed E-state index contributed by atoms with van der Waals surface area (Å²) in [6.45, 7) is 3.94. The van der Waals surface area contributed by atoms with Gasteiger partial charge in [0.15, 0.2) is 0 Å². The molecule has 0 rings (SSSR count). The van der Waals surface area contributed by atoms with Crippen molar-refractivity contribution in [3.63, 3.8) is 0 Å². The molecule has 0 atom stereocenters. The molecule has 0 amide bonds. The second-order valence-electron chi connectivity index (χ2n) is 2.80. The van der Waals surface area contributed by atoms with Crippen LogP contribution in [0.3, 0.4) is 0 Å². The monoisotopic (exact) mass is 171 g/mol. The van der Waals surface area contributed by atoms with Crippen LogP contribution in [0.4, 0.5) is 0 Å². The molecule has 0 aromatic heterocycles. The summed E-state index contributed by atoms with van der Waals surface area (Å²) in [4.78, 5) is 10.0. The van der Waals surface area contributed by atoms with Crippen LogP contribution in [0.2, 0.25) is 0 Å². The average Bonchev–Trinajstić information content (AvgIpc) is 2.04. The van der Waals surface area contributed by atoms with Gasteiger partial charge in [-0.3, -0.25) is 10.1 Å². The maximum Gasteiger partial charge on any atom is 0.242 e. The highest BCUT2D eigenvalue weighted by Crippen LogP contribution is 2.06. The largest absolute Gasteiger partial charge is 0.259 e. The maximum atomic E-state index is 10.3. The molecule has 0 spiro atoms. The van der Waals surface area contributed by atoms with Gasteiger partial charge in [-0.25, -0.2) is 0 Å². The first-order valence-electron chi connectivity index (χ1n) is 4.55. The van der Waals surface area contributed by atoms with Gasteiger partial charge in [-0.05, 0) is 18.9 Å². The van der Waals surface area contributed by atoms with Gasteiger partial charge in [-0.2, -0.15) is 0 Å². The van der Waals surface area contributed by atoms with E-state index < -0.39 is 0 Å². The number of nitro groups is 1. The molecule has 0 fully saturated rings. The number of hydrogen-bond acceptors (Lipinski definition) is 2. The van der Waals surface area contributed by atoms with Crippen LogP contribution in [0.25, 0.3) is 0 Å². The highest BCUT2D eigenvalue weighted by Gasteiger charge is 2.04. The Balaban J connectivity index is 3.71. The first-order valence-corrected chi connectivity index (χ1v) is 4.55. The Morgan fingerprint density at radius 3 is 2.50 bits per heavy atom. The van der Waals surface area contributed by atoms with E-state index in [0.717, 1.165) is 25.7 Å². The van der Waals surface area contributed by atoms with Crippen molar-refractivity contribution in [1.82, 2.24) is 0 Å². The van der Waals surface area contributed by atoms with E-state index >= 15 is 0 Å². The summed E-state index contributed by atoms with van der Waals surface area (Å²) >= 11 is 0. The molecule has 12 heavy (non-hydrogen) atoms. The van der Waals surface area contributed by atoms with Crippen molar-refractivity contribution in [3.8, 4) is 0 Å². The summed E-state index contributed by atoms with van der Waals surface area (Å²) in [5.41, 5.74) is 0.353. The van der Waals surface area contributed by atoms with Crippen molar-refractivity contribution in [3.05, 3.63) is 21.9 Å². The molecule has 0 aliphatic rings. The molecule has 0 unspecified atom stereocenters. The number of unbranched alkanes of at least 4 members (excludes halogenated alkanes) is 3. The molecule has 70 valence electrons. The summed E-state index contributed by atoms with van der Waals surface area (Å²) < 4.78 is 0. The Kier molecular flexibility index (Phi) is 6.34. The molecule has 0 heterocycles. The lowest BCUT2D eigenvalue weighted by Crippen LogP contribution is -1.96. The molecular weight excluding hydrogens is 154 g/mol. The lowest BCUT2D eigenvalue weighted by atomic mass is 10.2. The summed E-state index contributed by atoms with van der Waals surface area (Å²) in [6.07, 6.45) is 6.50. The van der Waals surface area contributed by atoms with Crippen molar-refractivity contribution < 1.29 is 4.92 Å². The molecule has 0 aliphatic heterocycles. The van der Waals surface area contributed by atoms with Gasteiger partial charge in [0.2, 0.25) is 5.70 Å². The van der Waals surface area contributed by atoms with Gasteiger partial charge >= 0.3 is 0 Å². The van der Waals surface area contributed by atoms with Crippen LogP contribution >= 0.6 is 0 Å². The Morgan fingerprint density at radius 1 is 1.42 bits per heavy atom. The fourth-order valence-electron chi connectivity index (χ4n) is 1.01. The molecule has 0 saturated carbocycles. The van der Waals surface area contributed by atoms with Gasteiger partial charge in [0, 0.05) is 6.42 Å². The molecule has 3 heteroatoms. The van der Waals surface area contributed by atoms with E-state index in [0.29, 0.717) is 12.1 Å². The molecular formula is C9H17NO2. The Hall–Kier alpha value is -0.860. The zero-order valence-corrected chi connectivity index (χ0v) is 7.88. The molecule has 0 aromatic rings. The summed E-state index contributed by atoms with van der Waals surface area (Å²) in [5, 5.41) is 10.3. The number of allylic oxidation sites excluding steroid dienone is 2. The topological polar surface area (TPSA) is 43.1 Å². The third kappa shape index (κ3) is 4.88. The minimum atomic E-state index is -0.286. The van der Waals surface area contributed by atoms with Crippen LogP contribution in [0.15, 0.2) is 11.8 Å². The van der Waals surface area contributed by atoms with Crippen molar-refractivity contribution in [1.29, 1.82) is 0 Å². The van der Waals surface area contributed by atoms with Gasteiger partial charge in [0.25, 0.3) is 0 Å². The van der Waals surface area contributed by atoms with E-state index in [-0.39, 0.29) is 4.92 Å². The van der Waals surface area contributed by atoms with Crippen LogP contribution in [-0.4, -0.2) is 4.92 Å². The fourth-order valence-corrected chi connectivity index (χ4v) is 1.01. The molecule has 0 N–H and O–H groups in total. The molecule has 0 aliphatic carbocycles. The third-order valence-corrected chi connectivity index (χ3v) is 1.78. The highest BCUT2D eigenvalue weighted by atomic mass is 16.6. The smallest absolute Gasteiger partial charge is 0.242 e. The molecule has 0 aromatic carbocycles. The van der Waals surface area contributed by atoms with Gasteiger partial charge in [0.1, 0.15) is 0 Å². The normalized spacial score (nSPS) is 11.7. The standard InChI is InChI=1S/C9H17NO2/c1-3-5-6-7-8-9(4-2)10(11)12/h8H,3-7H2,1-2H3/b9-8-. The second-order valence-corrected chi connectivity index (χ2v) is 2.80. The zero-order valence-electron chi connectivity index (χ0n) is 7.88. The van der Waals surface area contributed by atoms with Gasteiger partial charge < -0.3 is 0 Å². The predicted molar refractivity (Wildman–Crippen MR) is 49.5 cm³/mol. The van der Waals surface area contributed by atoms with Crippen molar-refractivity contribution in [2.45, 2.75) is 46.0 Å². The third-order valence-electron chi connectivity index (χ3n) is 1.78. The lowest BCUT2D eigenvalue weighted by molar-refractivity contribution is -0.427. The summed E-state index contributed by atoms with van der Waals surface area (Å²) in [6, 6.07) is 0. The van der Waals surface area contributed by atoms with Gasteiger partial charge in [0.05, 0.1) is 4.92 Å². The molecule has 0 saturated heterocycles. The van der Waals surface area contributed by atoms with Crippen LogP contribution in [0, 0.1) is 10.1 Å². The van der Waals surface area contributed by atoms with Crippen LogP contribution in [0.1, 0.15) is 46.0 Å². The number of rotatable bonds is 6. The van der Waals surface area contributed by atoms with Crippen molar-refractivity contribution in [2.24, 2.45) is 0 Å². The van der Waals surface area contributed by atoms with Crippen molar-refractivity contribution in [2.75, 3.05) is 0 Å². The zero-order chi connectivity index (χ0) is 9.40. The Morgan fingerprint density at radius 2 is 2.08 bits per heavy atom. The van der Waals surface area contributed by atoms with E-state index in [2.05, 4.69) is 6.92 Å². The minimum Gasteiger partial charge on any atom is -0.259 e. The average molecular weight is 171 g/mol. The van der Waals surface area contributed by atoms with E-state index in [1.807, 2.05) is 6.92 Å². The van der Waals surface area contributed by atoms with Gasteiger partial charge in [-0.1, -0.05) is 26.7 Å². The van der Waals surface area contributed by atoms with Gasteiger partial charge in [-0.15, -0.1) is 0 Å². The number of hydrogen-bond donors (Lipinski definition) is 0. The Labute approximate surface area is 73.6 Å². The van der Waals surface area contributed by atoms with E-state index in [4.69, 9.17) is 0 Å². The van der Waals surface area contributed by atoms with Crippen molar-refractivity contribution >= 4 is 0 Å². The van der Waals surface area contributed by atoms with Crippen LogP contribution in [0.5, 0.6) is 0 Å². The molecule has 0 radical (unpaired) electrons. The molecule has 3 nitrogen and oxygen atoms in total. The minimum absolute atomic E-state index is 0.286. The highest BCUT2D eigenvalue weighted by molar-refractivity contribution is 4.90. The van der Waals surface area contributed by atoms with E-state index in [1.54, 1.807) is 6.08 Å². The maximum absolute atomic E-state index is 10.3. The van der Waals surface area contributed by atoms with Crippen LogP contribution < -0.4 is 0 Å². The van der Waals surface area contributed by atoms with E-state index in [1.165, 1.54) is 0 Å². The SMILES string of the molecule is CCCCC/C=C(/CC)[N+](=O)[O-]. The number of nitrogens with zero attached hydrogens (tertiary/aromatic N) is 1. The fraction of sp³-hybridized carbons (Fsp3) is 0.778. The first kappa shape index (κ1) is 11.1. The van der Waals surface area contributed by atoms with Crippen LogP contribution in [-0.2, 0) is 0 Å². The molecule has 0 bridgehead atoms.